The molecule has 0 saturated heterocycles. The van der Waals surface area contributed by atoms with Gasteiger partial charge in [-0.25, -0.2) is 4.98 Å². The number of hydrogen-bond donors (Lipinski definition) is 2. The van der Waals surface area contributed by atoms with Gasteiger partial charge in [0.25, 0.3) is 0 Å². The van der Waals surface area contributed by atoms with Crippen LogP contribution in [-0.4, -0.2) is 18.6 Å². The van der Waals surface area contributed by atoms with Gasteiger partial charge in [-0.2, -0.15) is 0 Å². The molecule has 82 valence electrons. The van der Waals surface area contributed by atoms with Crippen molar-refractivity contribution >= 4 is 11.5 Å². The predicted octanol–water partition coefficient (Wildman–Crippen LogP) is 2.60. The van der Waals surface area contributed by atoms with Crippen molar-refractivity contribution in [2.75, 3.05) is 24.2 Å². The SMILES string of the molecule is CNc1cc(C(C)C)nc2c1CCCN2. The lowest BCUT2D eigenvalue weighted by molar-refractivity contribution is 0.785. The molecule has 3 heteroatoms. The molecule has 2 rings (SSSR count). The number of fused-ring (bicyclic) bond motifs is 1. The van der Waals surface area contributed by atoms with Crippen molar-refractivity contribution in [3.63, 3.8) is 0 Å². The van der Waals surface area contributed by atoms with Crippen molar-refractivity contribution in [3.8, 4) is 0 Å². The number of aromatic nitrogens is 1. The Morgan fingerprint density at radius 2 is 2.27 bits per heavy atom. The molecule has 0 aliphatic carbocycles. The fraction of sp³-hybridized carbons (Fsp3) is 0.583. The van der Waals surface area contributed by atoms with E-state index in [0.717, 1.165) is 24.5 Å². The zero-order chi connectivity index (χ0) is 10.8. The number of pyridine rings is 1. The normalized spacial score (nSPS) is 14.7. The van der Waals surface area contributed by atoms with Gasteiger partial charge in [-0.15, -0.1) is 0 Å². The highest BCUT2D eigenvalue weighted by molar-refractivity contribution is 5.64. The molecule has 0 saturated carbocycles. The van der Waals surface area contributed by atoms with E-state index in [2.05, 4.69) is 35.5 Å². The predicted molar refractivity (Wildman–Crippen MR) is 64.7 cm³/mol. The topological polar surface area (TPSA) is 37.0 Å². The van der Waals surface area contributed by atoms with Crippen molar-refractivity contribution in [2.24, 2.45) is 0 Å². The van der Waals surface area contributed by atoms with Crippen molar-refractivity contribution in [2.45, 2.75) is 32.6 Å². The highest BCUT2D eigenvalue weighted by Crippen LogP contribution is 2.30. The fourth-order valence-electron chi connectivity index (χ4n) is 1.98. The Kier molecular flexibility index (Phi) is 2.80. The Morgan fingerprint density at radius 1 is 1.47 bits per heavy atom. The summed E-state index contributed by atoms with van der Waals surface area (Å²) in [4.78, 5) is 4.67. The van der Waals surface area contributed by atoms with Crippen molar-refractivity contribution in [3.05, 3.63) is 17.3 Å². The Labute approximate surface area is 91.3 Å². The molecule has 0 fully saturated rings. The summed E-state index contributed by atoms with van der Waals surface area (Å²) in [5.74, 6) is 1.56. The van der Waals surface area contributed by atoms with E-state index in [1.165, 1.54) is 17.7 Å². The minimum absolute atomic E-state index is 0.478. The van der Waals surface area contributed by atoms with Crippen molar-refractivity contribution in [1.29, 1.82) is 0 Å². The van der Waals surface area contributed by atoms with Gasteiger partial charge in [-0.05, 0) is 24.8 Å². The molecule has 0 unspecified atom stereocenters. The van der Waals surface area contributed by atoms with Crippen LogP contribution in [-0.2, 0) is 6.42 Å². The number of rotatable bonds is 2. The van der Waals surface area contributed by atoms with E-state index < -0.39 is 0 Å². The van der Waals surface area contributed by atoms with Gasteiger partial charge in [-0.1, -0.05) is 13.8 Å². The van der Waals surface area contributed by atoms with Gasteiger partial charge in [0.05, 0.1) is 0 Å². The number of nitrogens with one attached hydrogen (secondary N) is 2. The molecule has 0 bridgehead atoms. The quantitative estimate of drug-likeness (QED) is 0.779. The lowest BCUT2D eigenvalue weighted by atomic mass is 10.0. The lowest BCUT2D eigenvalue weighted by Crippen LogP contribution is -2.16. The summed E-state index contributed by atoms with van der Waals surface area (Å²) in [6.45, 7) is 5.40. The summed E-state index contributed by atoms with van der Waals surface area (Å²) in [5.41, 5.74) is 3.73. The maximum Gasteiger partial charge on any atom is 0.131 e. The van der Waals surface area contributed by atoms with E-state index in [1.54, 1.807) is 0 Å². The van der Waals surface area contributed by atoms with Crippen LogP contribution in [0.3, 0.4) is 0 Å². The van der Waals surface area contributed by atoms with Crippen molar-refractivity contribution < 1.29 is 0 Å². The molecule has 0 aromatic carbocycles. The van der Waals surface area contributed by atoms with Crippen LogP contribution < -0.4 is 10.6 Å². The standard InChI is InChI=1S/C12H19N3/c1-8(2)10-7-11(13-3)9-5-4-6-14-12(9)15-10/h7-8H,4-6H2,1-3H3,(H2,13,14,15). The lowest BCUT2D eigenvalue weighted by Gasteiger charge is -2.22. The van der Waals surface area contributed by atoms with Crippen LogP contribution in [0.15, 0.2) is 6.07 Å². The van der Waals surface area contributed by atoms with Gasteiger partial charge in [0.1, 0.15) is 5.82 Å². The van der Waals surface area contributed by atoms with Gasteiger partial charge in [0, 0.05) is 30.5 Å². The van der Waals surface area contributed by atoms with Gasteiger partial charge in [-0.3, -0.25) is 0 Å². The zero-order valence-corrected chi connectivity index (χ0v) is 9.72. The summed E-state index contributed by atoms with van der Waals surface area (Å²) in [6, 6.07) is 2.18. The summed E-state index contributed by atoms with van der Waals surface area (Å²) in [6.07, 6.45) is 2.33. The summed E-state index contributed by atoms with van der Waals surface area (Å²) >= 11 is 0. The van der Waals surface area contributed by atoms with Gasteiger partial charge in [0.15, 0.2) is 0 Å². The molecule has 3 nitrogen and oxygen atoms in total. The van der Waals surface area contributed by atoms with Crippen LogP contribution >= 0.6 is 0 Å². The molecule has 0 spiro atoms. The van der Waals surface area contributed by atoms with E-state index in [9.17, 15) is 0 Å². The molecule has 0 atom stereocenters. The number of hydrogen-bond acceptors (Lipinski definition) is 3. The number of nitrogens with zero attached hydrogens (tertiary/aromatic N) is 1. The van der Waals surface area contributed by atoms with Crippen LogP contribution in [0.2, 0.25) is 0 Å². The molecule has 1 aliphatic heterocycles. The van der Waals surface area contributed by atoms with E-state index in [4.69, 9.17) is 0 Å². The Hall–Kier alpha value is -1.25. The van der Waals surface area contributed by atoms with Crippen LogP contribution in [0.25, 0.3) is 0 Å². The molecule has 1 aliphatic rings. The van der Waals surface area contributed by atoms with Crippen LogP contribution in [0, 0.1) is 0 Å². The van der Waals surface area contributed by atoms with Crippen LogP contribution in [0.1, 0.15) is 37.4 Å². The second-order valence-electron chi connectivity index (χ2n) is 4.36. The molecule has 2 N–H and O–H groups in total. The molecule has 1 aromatic heterocycles. The number of anilines is 2. The average Bonchev–Trinajstić information content (AvgIpc) is 2.27. The third kappa shape index (κ3) is 1.91. The van der Waals surface area contributed by atoms with Crippen LogP contribution in [0.5, 0.6) is 0 Å². The van der Waals surface area contributed by atoms with Crippen LogP contribution in [0.4, 0.5) is 11.5 Å². The summed E-state index contributed by atoms with van der Waals surface area (Å²) < 4.78 is 0. The molecule has 2 heterocycles. The first-order valence-electron chi connectivity index (χ1n) is 5.68. The third-order valence-corrected chi connectivity index (χ3v) is 2.90. The van der Waals surface area contributed by atoms with E-state index in [-0.39, 0.29) is 0 Å². The first kappa shape index (κ1) is 10.3. The first-order valence-corrected chi connectivity index (χ1v) is 5.68. The summed E-state index contributed by atoms with van der Waals surface area (Å²) in [7, 11) is 1.98. The van der Waals surface area contributed by atoms with Gasteiger partial charge < -0.3 is 10.6 Å². The molecule has 0 amide bonds. The highest BCUT2D eigenvalue weighted by atomic mass is 15.0. The highest BCUT2D eigenvalue weighted by Gasteiger charge is 2.16. The first-order chi connectivity index (χ1) is 7.22. The van der Waals surface area contributed by atoms with E-state index in [0.29, 0.717) is 5.92 Å². The van der Waals surface area contributed by atoms with Crippen molar-refractivity contribution in [1.82, 2.24) is 4.98 Å². The molecule has 0 radical (unpaired) electrons. The van der Waals surface area contributed by atoms with E-state index >= 15 is 0 Å². The van der Waals surface area contributed by atoms with Gasteiger partial charge >= 0.3 is 0 Å². The maximum atomic E-state index is 4.67. The monoisotopic (exact) mass is 205 g/mol. The molecule has 1 aromatic rings. The Balaban J connectivity index is 2.48. The molecular formula is C12H19N3. The molecular weight excluding hydrogens is 186 g/mol. The Morgan fingerprint density at radius 3 is 2.93 bits per heavy atom. The maximum absolute atomic E-state index is 4.67. The average molecular weight is 205 g/mol. The second kappa shape index (κ2) is 4.09. The molecule has 15 heavy (non-hydrogen) atoms. The Bertz CT molecular complexity index is 341. The minimum atomic E-state index is 0.478. The summed E-state index contributed by atoms with van der Waals surface area (Å²) in [5, 5.41) is 6.65. The smallest absolute Gasteiger partial charge is 0.131 e. The second-order valence-corrected chi connectivity index (χ2v) is 4.36. The third-order valence-electron chi connectivity index (χ3n) is 2.90. The van der Waals surface area contributed by atoms with E-state index in [1.807, 2.05) is 7.05 Å². The fourth-order valence-corrected chi connectivity index (χ4v) is 1.98. The largest absolute Gasteiger partial charge is 0.388 e. The minimum Gasteiger partial charge on any atom is -0.388 e. The van der Waals surface area contributed by atoms with Gasteiger partial charge in [0.2, 0.25) is 0 Å². The zero-order valence-electron chi connectivity index (χ0n) is 9.72.